The van der Waals surface area contributed by atoms with E-state index in [2.05, 4.69) is 18.4 Å². The number of hydrogen-bond donors (Lipinski definition) is 1. The average Bonchev–Trinajstić information content (AvgIpc) is 2.37. The van der Waals surface area contributed by atoms with Crippen LogP contribution in [0.5, 0.6) is 0 Å². The Morgan fingerprint density at radius 2 is 2.35 bits per heavy atom. The Bertz CT molecular complexity index is 258. The molecule has 17 heavy (non-hydrogen) atoms. The molecule has 0 spiro atoms. The van der Waals surface area contributed by atoms with E-state index >= 15 is 0 Å². The zero-order valence-electron chi connectivity index (χ0n) is 10.4. The summed E-state index contributed by atoms with van der Waals surface area (Å²) in [7, 11) is 0. The van der Waals surface area contributed by atoms with Crippen LogP contribution in [-0.2, 0) is 9.47 Å². The maximum absolute atomic E-state index is 9.51. The second-order valence-electron chi connectivity index (χ2n) is 4.18. The highest BCUT2D eigenvalue weighted by atomic mass is 16.7. The molecule has 1 N–H and O–H groups in total. The molecule has 3 nitrogen and oxygen atoms in total. The smallest absolute Gasteiger partial charge is 0.158 e. The van der Waals surface area contributed by atoms with Gasteiger partial charge in [-0.05, 0) is 32.1 Å². The van der Waals surface area contributed by atoms with Gasteiger partial charge in [-0.25, -0.2) is 0 Å². The van der Waals surface area contributed by atoms with Gasteiger partial charge in [0.05, 0.1) is 6.10 Å². The van der Waals surface area contributed by atoms with Crippen LogP contribution in [0.3, 0.4) is 0 Å². The van der Waals surface area contributed by atoms with Crippen molar-refractivity contribution in [3.63, 3.8) is 0 Å². The van der Waals surface area contributed by atoms with Gasteiger partial charge >= 0.3 is 0 Å². The van der Waals surface area contributed by atoms with Crippen molar-refractivity contribution in [3.05, 3.63) is 12.7 Å². The number of hydrogen-bond acceptors (Lipinski definition) is 3. The highest BCUT2D eigenvalue weighted by molar-refractivity contribution is 5.00. The van der Waals surface area contributed by atoms with Crippen LogP contribution in [0.1, 0.15) is 38.5 Å². The fourth-order valence-corrected chi connectivity index (χ4v) is 1.63. The third kappa shape index (κ3) is 7.17. The monoisotopic (exact) mass is 238 g/mol. The Hall–Kier alpha value is -0.820. The van der Waals surface area contributed by atoms with Crippen LogP contribution < -0.4 is 0 Å². The average molecular weight is 238 g/mol. The fraction of sp³-hybridized carbons (Fsp3) is 0.714. The molecule has 3 heteroatoms. The molecule has 0 amide bonds. The molecule has 0 aromatic heterocycles. The van der Waals surface area contributed by atoms with Crippen LogP contribution in [0.15, 0.2) is 12.7 Å². The number of rotatable bonds is 6. The van der Waals surface area contributed by atoms with Crippen molar-refractivity contribution >= 4 is 0 Å². The van der Waals surface area contributed by atoms with Crippen molar-refractivity contribution in [2.24, 2.45) is 0 Å². The number of aliphatic hydroxyl groups excluding tert-OH is 1. The number of allylic oxidation sites excluding steroid dienone is 1. The van der Waals surface area contributed by atoms with E-state index in [-0.39, 0.29) is 12.4 Å². The van der Waals surface area contributed by atoms with Gasteiger partial charge in [-0.2, -0.15) is 0 Å². The van der Waals surface area contributed by atoms with Crippen molar-refractivity contribution in [1.82, 2.24) is 0 Å². The Balaban J connectivity index is 2.03. The van der Waals surface area contributed by atoms with Crippen molar-refractivity contribution < 1.29 is 14.6 Å². The zero-order chi connectivity index (χ0) is 12.3. The molecule has 0 unspecified atom stereocenters. The first-order chi connectivity index (χ1) is 8.33. The summed E-state index contributed by atoms with van der Waals surface area (Å²) in [6, 6.07) is 0. The standard InChI is InChI=1S/C14H22O3/c1-2-3-8-13(15)9-4-6-11-16-14-10-5-7-12-17-14/h2,13-15H,1,3,5,7-12H2/t13-,14-/m0/s1. The van der Waals surface area contributed by atoms with E-state index in [4.69, 9.17) is 9.47 Å². The van der Waals surface area contributed by atoms with Gasteiger partial charge in [0.15, 0.2) is 6.29 Å². The van der Waals surface area contributed by atoms with E-state index < -0.39 is 0 Å². The first-order valence-electron chi connectivity index (χ1n) is 6.31. The van der Waals surface area contributed by atoms with E-state index in [0.29, 0.717) is 13.0 Å². The van der Waals surface area contributed by atoms with Crippen LogP contribution in [0, 0.1) is 11.8 Å². The molecule has 1 aliphatic heterocycles. The predicted octanol–water partition coefficient (Wildman–Crippen LogP) is 2.25. The lowest BCUT2D eigenvalue weighted by atomic mass is 10.1. The van der Waals surface area contributed by atoms with Gasteiger partial charge in [0.2, 0.25) is 0 Å². The zero-order valence-corrected chi connectivity index (χ0v) is 10.4. The minimum Gasteiger partial charge on any atom is -0.392 e. The van der Waals surface area contributed by atoms with Gasteiger partial charge in [0.25, 0.3) is 0 Å². The second kappa shape index (κ2) is 9.23. The van der Waals surface area contributed by atoms with Gasteiger partial charge < -0.3 is 14.6 Å². The van der Waals surface area contributed by atoms with Crippen molar-refractivity contribution in [3.8, 4) is 11.8 Å². The fourth-order valence-electron chi connectivity index (χ4n) is 1.63. The molecule has 96 valence electrons. The highest BCUT2D eigenvalue weighted by Crippen LogP contribution is 2.13. The lowest BCUT2D eigenvalue weighted by molar-refractivity contribution is -0.154. The SMILES string of the molecule is C=CCC[C@H](O)CC#CCO[C@@H]1CCCCO1. The van der Waals surface area contributed by atoms with Crippen molar-refractivity contribution in [2.45, 2.75) is 50.9 Å². The molecule has 0 aromatic carbocycles. The first kappa shape index (κ1) is 14.2. The van der Waals surface area contributed by atoms with Gasteiger partial charge in [-0.3, -0.25) is 0 Å². The third-order valence-electron chi connectivity index (χ3n) is 2.65. The quantitative estimate of drug-likeness (QED) is 0.570. The molecule has 1 fully saturated rings. The predicted molar refractivity (Wildman–Crippen MR) is 67.4 cm³/mol. The Morgan fingerprint density at radius 3 is 3.06 bits per heavy atom. The molecule has 1 heterocycles. The van der Waals surface area contributed by atoms with Gasteiger partial charge in [-0.15, -0.1) is 6.58 Å². The largest absolute Gasteiger partial charge is 0.392 e. The van der Waals surface area contributed by atoms with Crippen LogP contribution in [0.4, 0.5) is 0 Å². The summed E-state index contributed by atoms with van der Waals surface area (Å²) in [6.07, 6.45) is 6.68. The summed E-state index contributed by atoms with van der Waals surface area (Å²) in [5, 5.41) is 9.51. The van der Waals surface area contributed by atoms with E-state index in [1.807, 2.05) is 0 Å². The minimum absolute atomic E-state index is 0.0799. The third-order valence-corrected chi connectivity index (χ3v) is 2.65. The summed E-state index contributed by atoms with van der Waals surface area (Å²) < 4.78 is 10.9. The van der Waals surface area contributed by atoms with E-state index in [1.165, 1.54) is 6.42 Å². The molecule has 0 bridgehead atoms. The molecular weight excluding hydrogens is 216 g/mol. The Kier molecular flexibility index (Phi) is 7.74. The molecule has 1 aliphatic rings. The van der Waals surface area contributed by atoms with Gasteiger partial charge in [0, 0.05) is 13.0 Å². The van der Waals surface area contributed by atoms with E-state index in [1.54, 1.807) is 6.08 Å². The summed E-state index contributed by atoms with van der Waals surface area (Å²) >= 11 is 0. The molecule has 0 aromatic rings. The molecule has 2 atom stereocenters. The summed E-state index contributed by atoms with van der Waals surface area (Å²) in [6.45, 7) is 4.79. The van der Waals surface area contributed by atoms with Crippen LogP contribution >= 0.6 is 0 Å². The van der Waals surface area contributed by atoms with Crippen LogP contribution in [0.25, 0.3) is 0 Å². The number of aliphatic hydroxyl groups is 1. The normalized spacial score (nSPS) is 21.4. The molecular formula is C14H22O3. The Morgan fingerprint density at radius 1 is 1.47 bits per heavy atom. The maximum atomic E-state index is 9.51. The van der Waals surface area contributed by atoms with Crippen LogP contribution in [-0.4, -0.2) is 30.7 Å². The summed E-state index contributed by atoms with van der Waals surface area (Å²) in [5.41, 5.74) is 0. The summed E-state index contributed by atoms with van der Waals surface area (Å²) in [5.74, 6) is 5.82. The number of ether oxygens (including phenoxy) is 2. The molecule has 0 aliphatic carbocycles. The molecule has 0 saturated carbocycles. The van der Waals surface area contributed by atoms with E-state index in [0.717, 1.165) is 32.3 Å². The lowest BCUT2D eigenvalue weighted by Gasteiger charge is -2.21. The van der Waals surface area contributed by atoms with E-state index in [9.17, 15) is 5.11 Å². The van der Waals surface area contributed by atoms with Crippen molar-refractivity contribution in [1.29, 1.82) is 0 Å². The maximum Gasteiger partial charge on any atom is 0.158 e. The van der Waals surface area contributed by atoms with Gasteiger partial charge in [0.1, 0.15) is 6.61 Å². The minimum atomic E-state index is -0.355. The Labute approximate surface area is 104 Å². The van der Waals surface area contributed by atoms with Crippen LogP contribution in [0.2, 0.25) is 0 Å². The highest BCUT2D eigenvalue weighted by Gasteiger charge is 2.12. The lowest BCUT2D eigenvalue weighted by Crippen LogP contribution is -2.22. The van der Waals surface area contributed by atoms with Gasteiger partial charge in [-0.1, -0.05) is 17.9 Å². The van der Waals surface area contributed by atoms with Crippen molar-refractivity contribution in [2.75, 3.05) is 13.2 Å². The molecule has 0 radical (unpaired) electrons. The summed E-state index contributed by atoms with van der Waals surface area (Å²) in [4.78, 5) is 0. The molecule has 1 saturated heterocycles. The topological polar surface area (TPSA) is 38.7 Å². The second-order valence-corrected chi connectivity index (χ2v) is 4.18. The first-order valence-corrected chi connectivity index (χ1v) is 6.31. The molecule has 1 rings (SSSR count).